The summed E-state index contributed by atoms with van der Waals surface area (Å²) < 4.78 is 49.7. The molecule has 10 nitrogen and oxygen atoms in total. The van der Waals surface area contributed by atoms with Gasteiger partial charge >= 0.3 is 0 Å². The Morgan fingerprint density at radius 2 is 0.689 bits per heavy atom. The summed E-state index contributed by atoms with van der Waals surface area (Å²) in [6.45, 7) is 10.7. The second-order valence-corrected chi connectivity index (χ2v) is 29.3. The van der Waals surface area contributed by atoms with E-state index in [1.165, 1.54) is 96.6 Å². The minimum atomic E-state index is 0.819. The molecule has 498 valence electrons. The van der Waals surface area contributed by atoms with Gasteiger partial charge < -0.3 is 26.5 Å². The summed E-state index contributed by atoms with van der Waals surface area (Å²) in [4.78, 5) is 0. The van der Waals surface area contributed by atoms with Gasteiger partial charge in [0.1, 0.15) is 61.7 Å². The van der Waals surface area contributed by atoms with Crippen LogP contribution in [-0.2, 0) is 28.2 Å². The van der Waals surface area contributed by atoms with Crippen molar-refractivity contribution in [2.45, 2.75) is 34.6 Å². The second kappa shape index (κ2) is 25.1. The Labute approximate surface area is 600 Å². The summed E-state index contributed by atoms with van der Waals surface area (Å²) in [6, 6.07) is 82.0. The summed E-state index contributed by atoms with van der Waals surface area (Å²) in [5, 5.41) is 10.3. The molecule has 0 atom stereocenters. The molecular weight excluding hydrogens is 1310 g/mol. The molecule has 21 rings (SSSR count). The van der Waals surface area contributed by atoms with E-state index in [1.807, 2.05) is 108 Å². The fourth-order valence-corrected chi connectivity index (χ4v) is 17.6. The molecule has 9 aromatic carbocycles. The Balaban J connectivity index is 0.0000000985. The molecule has 12 aromatic heterocycles. The zero-order chi connectivity index (χ0) is 69.9. The number of thiophene rings is 2. The van der Waals surface area contributed by atoms with Crippen molar-refractivity contribution >= 4 is 152 Å². The first-order valence-electron chi connectivity index (χ1n) is 34.6. The van der Waals surface area contributed by atoms with E-state index in [4.69, 9.17) is 26.5 Å². The molecule has 0 bridgehead atoms. The molecule has 0 radical (unpaired) electrons. The fourth-order valence-electron chi connectivity index (χ4n) is 14.8. The van der Waals surface area contributed by atoms with Crippen LogP contribution in [0.4, 0.5) is 0 Å². The minimum Gasteiger partial charge on any atom is -0.452 e. The van der Waals surface area contributed by atoms with E-state index in [0.29, 0.717) is 0 Å². The molecule has 0 saturated carbocycles. The molecule has 0 N–H and O–H groups in total. The van der Waals surface area contributed by atoms with E-state index in [9.17, 15) is 0 Å². The number of nitrogens with zero attached hydrogens (tertiary/aromatic N) is 4. The quantitative estimate of drug-likeness (QED) is 0.159. The summed E-state index contributed by atoms with van der Waals surface area (Å²) in [5.41, 5.74) is 28.3. The zero-order valence-electron chi connectivity index (χ0n) is 58.4. The molecular formula is C91H70N4O6S2+4. The van der Waals surface area contributed by atoms with Crippen LogP contribution in [0.15, 0.2) is 288 Å². The van der Waals surface area contributed by atoms with Crippen LogP contribution in [0.2, 0.25) is 0 Å². The highest BCUT2D eigenvalue weighted by Crippen LogP contribution is 2.48. The number of hydrogen-bond donors (Lipinski definition) is 0. The Hall–Kier alpha value is -12.2. The third-order valence-corrected chi connectivity index (χ3v) is 22.6. The van der Waals surface area contributed by atoms with Gasteiger partial charge in [-0.2, -0.15) is 0 Å². The van der Waals surface area contributed by atoms with E-state index in [1.54, 1.807) is 0 Å². The Kier molecular flexibility index (Phi) is 15.4. The van der Waals surface area contributed by atoms with Crippen molar-refractivity contribution in [3.63, 3.8) is 0 Å². The van der Waals surface area contributed by atoms with Gasteiger partial charge in [0.25, 0.3) is 0 Å². The first-order chi connectivity index (χ1) is 50.3. The highest BCUT2D eigenvalue weighted by atomic mass is 32.2. The highest BCUT2D eigenvalue weighted by molar-refractivity contribution is 7.44. The van der Waals surface area contributed by atoms with Crippen molar-refractivity contribution in [3.8, 4) is 56.2 Å². The normalized spacial score (nSPS) is 11.7. The van der Waals surface area contributed by atoms with Crippen LogP contribution in [0.5, 0.6) is 0 Å². The number of aryl methyl sites for hydroxylation is 9. The molecule has 21 aromatic rings. The van der Waals surface area contributed by atoms with Crippen LogP contribution in [0.25, 0.3) is 185 Å². The summed E-state index contributed by atoms with van der Waals surface area (Å²) in [5.74, 6) is 0. The van der Waals surface area contributed by atoms with Crippen molar-refractivity contribution < 1.29 is 44.8 Å². The van der Waals surface area contributed by atoms with Crippen LogP contribution in [0, 0.1) is 34.6 Å². The third kappa shape index (κ3) is 10.8. The molecule has 0 saturated heterocycles. The van der Waals surface area contributed by atoms with Gasteiger partial charge in [0, 0.05) is 69.4 Å². The summed E-state index contributed by atoms with van der Waals surface area (Å²) >= 11 is 3.85. The van der Waals surface area contributed by atoms with Crippen LogP contribution in [0.3, 0.4) is 0 Å². The van der Waals surface area contributed by atoms with Gasteiger partial charge in [0.15, 0.2) is 58.3 Å². The molecule has 12 heterocycles. The number of rotatable bonds is 5. The largest absolute Gasteiger partial charge is 0.452 e. The van der Waals surface area contributed by atoms with Gasteiger partial charge in [0.05, 0.1) is 63.3 Å². The average molecular weight is 1380 g/mol. The Morgan fingerprint density at radius 1 is 0.272 bits per heavy atom. The van der Waals surface area contributed by atoms with Gasteiger partial charge in [-0.3, -0.25) is 0 Å². The number of fused-ring (bicyclic) bond motifs is 20. The number of hydrogen-bond acceptors (Lipinski definition) is 8. The highest BCUT2D eigenvalue weighted by Gasteiger charge is 2.26. The predicted molar refractivity (Wildman–Crippen MR) is 421 cm³/mol. The lowest BCUT2D eigenvalue weighted by atomic mass is 9.99. The van der Waals surface area contributed by atoms with E-state index < -0.39 is 0 Å². The summed E-state index contributed by atoms with van der Waals surface area (Å²) in [6.07, 6.45) is 8.39. The lowest BCUT2D eigenvalue weighted by Gasteiger charge is -2.07. The fraction of sp³-hybridized carbons (Fsp3) is 0.0989. The molecule has 0 aliphatic rings. The number of furan rings is 6. The van der Waals surface area contributed by atoms with Crippen molar-refractivity contribution in [1.29, 1.82) is 0 Å². The van der Waals surface area contributed by atoms with Gasteiger partial charge in [-0.05, 0) is 165 Å². The van der Waals surface area contributed by atoms with E-state index in [-0.39, 0.29) is 0 Å². The van der Waals surface area contributed by atoms with Crippen molar-refractivity contribution in [2.75, 3.05) is 0 Å². The van der Waals surface area contributed by atoms with Crippen molar-refractivity contribution in [1.82, 2.24) is 0 Å². The predicted octanol–water partition coefficient (Wildman–Crippen LogP) is 23.4. The average Bonchev–Trinajstić information content (AvgIpc) is 1.62. The maximum Gasteiger partial charge on any atom is 0.213 e. The van der Waals surface area contributed by atoms with Gasteiger partial charge in [0.2, 0.25) is 22.8 Å². The summed E-state index contributed by atoms with van der Waals surface area (Å²) in [7, 11) is 8.33. The zero-order valence-corrected chi connectivity index (χ0v) is 60.0. The Bertz CT molecular complexity index is 6950. The van der Waals surface area contributed by atoms with Crippen LogP contribution >= 0.6 is 22.7 Å². The lowest BCUT2D eigenvalue weighted by molar-refractivity contribution is -0.660. The molecule has 0 unspecified atom stereocenters. The minimum absolute atomic E-state index is 0.819. The molecule has 0 aliphatic carbocycles. The van der Waals surface area contributed by atoms with Crippen LogP contribution in [-0.4, -0.2) is 0 Å². The molecule has 0 aliphatic heterocycles. The van der Waals surface area contributed by atoms with Crippen molar-refractivity contribution in [2.24, 2.45) is 28.2 Å². The molecule has 0 amide bonds. The monoisotopic (exact) mass is 1380 g/mol. The number of para-hydroxylation sites is 3. The van der Waals surface area contributed by atoms with E-state index >= 15 is 0 Å². The van der Waals surface area contributed by atoms with Gasteiger partial charge in [-0.15, -0.1) is 22.7 Å². The maximum absolute atomic E-state index is 6.27. The topological polar surface area (TPSA) is 94.4 Å². The first-order valence-corrected chi connectivity index (χ1v) is 36.2. The first kappa shape index (κ1) is 63.0. The van der Waals surface area contributed by atoms with Gasteiger partial charge in [-0.1, -0.05) is 97.1 Å². The smallest absolute Gasteiger partial charge is 0.213 e. The maximum atomic E-state index is 6.27. The molecule has 12 heteroatoms. The molecule has 0 fully saturated rings. The molecule has 103 heavy (non-hydrogen) atoms. The van der Waals surface area contributed by atoms with Crippen LogP contribution in [0.1, 0.15) is 27.8 Å². The standard InChI is InChI=1S/C27H20NO2.C22H18NO2.C21H16NO2.C21H16NS2/c1-17-14-22-25(30-26-20-10-6-7-11-24(20)29-27(22)26)16-21(17)23-15-19(12-13-28(23)2)18-8-4-3-5-9-18;1-13-8-9-23(3)18(10-13)16-12-20-17(11-14(16)2)22-21(25-20)15-6-4-5-7-19(15)24-22;1-13-11-16-19(12-15(13)17-8-5-6-10-22(17)2)24-20-14-7-3-4-9-18(14)23-21(16)20;1-13-10-11-15-19-14-7-3-4-9-17(14)23-21(19)24-20(15)18(13)16-8-5-6-12-22(16)2/h3-16H,1-2H3;4-12H,1-3H3;2*3-12H,1-2H3/q4*+1. The second-order valence-electron chi connectivity index (χ2n) is 26.9. The molecule has 0 spiro atoms. The SMILES string of the molecule is Cc1cc2c(cc1-c1cc(-c3ccccc3)cc[n+]1C)oc1c3ccccc3oc21.Cc1cc2c(cc1-c1cccc[n+]1C)oc1c3ccccc3oc21.Cc1cc[n+](C)c(-c2cc3oc4c5ccccc5oc4c3cc2C)c1.Cc1ccc2c(sc3sc4ccccc4c32)c1-c1cccc[n+]1C. The van der Waals surface area contributed by atoms with E-state index in [0.717, 1.165) is 116 Å². The Morgan fingerprint density at radius 3 is 1.21 bits per heavy atom. The lowest BCUT2D eigenvalue weighted by Crippen LogP contribution is -2.30. The third-order valence-electron chi connectivity index (χ3n) is 20.1. The van der Waals surface area contributed by atoms with Crippen molar-refractivity contribution in [3.05, 3.63) is 289 Å². The van der Waals surface area contributed by atoms with E-state index in [2.05, 4.69) is 258 Å². The number of aromatic nitrogens is 4. The number of benzene rings is 9. The van der Waals surface area contributed by atoms with Crippen LogP contribution < -0.4 is 18.3 Å². The number of pyridine rings is 4. The van der Waals surface area contributed by atoms with Gasteiger partial charge in [-0.25, -0.2) is 18.3 Å².